The van der Waals surface area contributed by atoms with Crippen LogP contribution in [0.15, 0.2) is 11.2 Å². The summed E-state index contributed by atoms with van der Waals surface area (Å²) in [4.78, 5) is 22.5. The second-order valence-corrected chi connectivity index (χ2v) is 5.24. The molecule has 1 aliphatic rings. The molecule has 0 bridgehead atoms. The normalized spacial score (nSPS) is 25.0. The smallest absolute Gasteiger partial charge is 0.145 e. The Balaban J connectivity index is 2.23. The lowest BCUT2D eigenvalue weighted by Gasteiger charge is -2.13. The van der Waals surface area contributed by atoms with E-state index in [1.165, 1.54) is 12.4 Å². The van der Waals surface area contributed by atoms with E-state index in [-0.39, 0.29) is 30.8 Å². The molecular formula is C14H15FN2O5-2. The first kappa shape index (κ1) is 16.3. The minimum Gasteiger partial charge on any atom is -0.723 e. The summed E-state index contributed by atoms with van der Waals surface area (Å²) in [7, 11) is 0. The number of aryl methyl sites for hydroxylation is 1. The Hall–Kier alpha value is -2.06. The van der Waals surface area contributed by atoms with Crippen LogP contribution < -0.4 is 10.4 Å². The number of nitrogens with zero attached hydrogens (tertiary/aromatic N) is 2. The zero-order valence-corrected chi connectivity index (χ0v) is 11.9. The Morgan fingerprint density at radius 1 is 1.64 bits per heavy atom. The number of aliphatic imine (C=N–C) groups is 1. The Morgan fingerprint density at radius 2 is 2.36 bits per heavy atom. The summed E-state index contributed by atoms with van der Waals surface area (Å²) in [5, 5.41) is 31.0. The lowest BCUT2D eigenvalue weighted by molar-refractivity contribution is -0.695. The second kappa shape index (κ2) is 6.80. The molecule has 1 aromatic heterocycles. The molecule has 0 aromatic carbocycles. The van der Waals surface area contributed by atoms with Crippen LogP contribution in [0.3, 0.4) is 0 Å². The molecule has 0 saturated heterocycles. The molecule has 3 atom stereocenters. The molecule has 0 radical (unpaired) electrons. The molecule has 1 N–H and O–H groups in total. The van der Waals surface area contributed by atoms with Crippen molar-refractivity contribution < 1.29 is 29.5 Å². The van der Waals surface area contributed by atoms with Gasteiger partial charge in [-0.25, -0.2) is 4.39 Å². The molecule has 1 aliphatic carbocycles. The maximum Gasteiger partial charge on any atom is 0.145 e. The molecular weight excluding hydrogens is 295 g/mol. The molecule has 1 heterocycles. The zero-order valence-electron chi connectivity index (χ0n) is 11.9. The maximum absolute atomic E-state index is 13.8. The number of rotatable bonds is 5. The molecule has 0 amide bonds. The molecule has 1 aromatic rings. The lowest BCUT2D eigenvalue weighted by Crippen LogP contribution is -2.30. The Morgan fingerprint density at radius 3 is 2.95 bits per heavy atom. The van der Waals surface area contributed by atoms with E-state index in [1.807, 2.05) is 0 Å². The average Bonchev–Trinajstić information content (AvgIpc) is 2.84. The van der Waals surface area contributed by atoms with Crippen LogP contribution in [0, 0.1) is 12.8 Å². The second-order valence-electron chi connectivity index (χ2n) is 5.24. The van der Waals surface area contributed by atoms with E-state index in [2.05, 4.69) is 14.9 Å². The van der Waals surface area contributed by atoms with Crippen LogP contribution in [0.1, 0.15) is 29.7 Å². The molecule has 1 fully saturated rings. The minimum absolute atomic E-state index is 0.0399. The van der Waals surface area contributed by atoms with Gasteiger partial charge in [0.05, 0.1) is 18.3 Å². The molecule has 22 heavy (non-hydrogen) atoms. The summed E-state index contributed by atoms with van der Waals surface area (Å²) in [6, 6.07) is -0.822. The van der Waals surface area contributed by atoms with E-state index in [0.29, 0.717) is 11.3 Å². The molecule has 0 aliphatic heterocycles. The first-order valence-electron chi connectivity index (χ1n) is 6.74. The molecule has 0 spiro atoms. The van der Waals surface area contributed by atoms with Crippen molar-refractivity contribution in [1.82, 2.24) is 4.98 Å². The number of alkyl halides is 1. The summed E-state index contributed by atoms with van der Waals surface area (Å²) in [5.74, 6) is -2.33. The van der Waals surface area contributed by atoms with Crippen molar-refractivity contribution in [2.75, 3.05) is 0 Å². The van der Waals surface area contributed by atoms with E-state index in [0.717, 1.165) is 0 Å². The van der Waals surface area contributed by atoms with Gasteiger partial charge in [0.15, 0.2) is 0 Å². The Labute approximate surface area is 126 Å². The number of aromatic hydroxyl groups is 1. The van der Waals surface area contributed by atoms with Crippen molar-refractivity contribution >= 4 is 12.2 Å². The van der Waals surface area contributed by atoms with Gasteiger partial charge in [-0.1, -0.05) is 0 Å². The van der Waals surface area contributed by atoms with Crippen molar-refractivity contribution in [3.63, 3.8) is 0 Å². The summed E-state index contributed by atoms with van der Waals surface area (Å²) < 4.78 is 13.8. The number of carboxylic acid groups (broad SMARTS) is 1. The monoisotopic (exact) mass is 310 g/mol. The summed E-state index contributed by atoms with van der Waals surface area (Å²) >= 11 is 0. The Bertz CT molecular complexity index is 593. The van der Waals surface area contributed by atoms with Gasteiger partial charge in [-0.2, -0.15) is 0 Å². The van der Waals surface area contributed by atoms with E-state index < -0.39 is 24.1 Å². The van der Waals surface area contributed by atoms with E-state index in [1.54, 1.807) is 6.92 Å². The fourth-order valence-electron chi connectivity index (χ4n) is 2.46. The van der Waals surface area contributed by atoms with Gasteiger partial charge >= 0.3 is 0 Å². The van der Waals surface area contributed by atoms with Gasteiger partial charge in [-0.3, -0.25) is 9.98 Å². The van der Waals surface area contributed by atoms with Crippen molar-refractivity contribution in [3.8, 4) is 5.75 Å². The van der Waals surface area contributed by atoms with Crippen molar-refractivity contribution in [2.45, 2.75) is 38.6 Å². The van der Waals surface area contributed by atoms with Gasteiger partial charge in [-0.15, -0.1) is 0 Å². The van der Waals surface area contributed by atoms with Crippen LogP contribution in [0.25, 0.3) is 0 Å². The predicted molar refractivity (Wildman–Crippen MR) is 69.4 cm³/mol. The van der Waals surface area contributed by atoms with Crippen LogP contribution in [-0.2, 0) is 16.3 Å². The Kier molecular flexibility index (Phi) is 5.04. The molecule has 7 nitrogen and oxygen atoms in total. The number of carbonyl (C=O) groups is 1. The number of aliphatic carboxylic acids is 1. The van der Waals surface area contributed by atoms with Crippen LogP contribution in [0.2, 0.25) is 0 Å². The van der Waals surface area contributed by atoms with E-state index >= 15 is 0 Å². The largest absolute Gasteiger partial charge is 0.723 e. The standard InChI is InChI=1S/C14H17FN2O5/c1-7-13(18)10(9(4-16-7)6-22-21)5-17-12-3-8(14(19)20)2-11(12)15/h4-5,8,11-12,18,21H,2-3,6H2,1H3,(H,19,20)/p-2/t8-,11-,12-/m0/s1. The van der Waals surface area contributed by atoms with Crippen LogP contribution in [-0.4, -0.2) is 34.5 Å². The molecule has 1 saturated carbocycles. The summed E-state index contributed by atoms with van der Waals surface area (Å²) in [6.45, 7) is 1.24. The number of hydrogen-bond donors (Lipinski definition) is 1. The van der Waals surface area contributed by atoms with Crippen molar-refractivity contribution in [2.24, 2.45) is 10.9 Å². The predicted octanol–water partition coefficient (Wildman–Crippen LogP) is -0.827. The highest BCUT2D eigenvalue weighted by Crippen LogP contribution is 2.31. The van der Waals surface area contributed by atoms with Gasteiger partial charge in [0.1, 0.15) is 11.9 Å². The molecule has 8 heteroatoms. The zero-order chi connectivity index (χ0) is 16.3. The highest BCUT2D eigenvalue weighted by atomic mass is 19.1. The maximum atomic E-state index is 13.8. The van der Waals surface area contributed by atoms with Gasteiger partial charge in [0, 0.05) is 35.4 Å². The number of carbonyl (C=O) groups excluding carboxylic acids is 1. The molecule has 120 valence electrons. The number of hydrogen-bond acceptors (Lipinski definition) is 7. The van der Waals surface area contributed by atoms with Gasteiger partial charge < -0.3 is 25.2 Å². The van der Waals surface area contributed by atoms with Gasteiger partial charge in [-0.05, 0) is 19.8 Å². The van der Waals surface area contributed by atoms with Crippen LogP contribution in [0.5, 0.6) is 5.75 Å². The fourth-order valence-corrected chi connectivity index (χ4v) is 2.46. The third kappa shape index (κ3) is 3.40. The lowest BCUT2D eigenvalue weighted by atomic mass is 10.1. The molecule has 2 rings (SSSR count). The topological polar surface area (TPSA) is 118 Å². The SMILES string of the molecule is Cc1ncc(CO[O-])c(C=N[C@H]2C[C@@H](C(=O)[O-])C[C@@H]2F)c1O. The number of aromatic nitrogens is 1. The van der Waals surface area contributed by atoms with Crippen LogP contribution in [0.4, 0.5) is 4.39 Å². The average molecular weight is 310 g/mol. The third-order valence-corrected chi connectivity index (χ3v) is 3.75. The van der Waals surface area contributed by atoms with Crippen molar-refractivity contribution in [1.29, 1.82) is 0 Å². The molecule has 0 unspecified atom stereocenters. The van der Waals surface area contributed by atoms with E-state index in [4.69, 9.17) is 0 Å². The number of halogens is 1. The van der Waals surface area contributed by atoms with Crippen molar-refractivity contribution in [3.05, 3.63) is 23.0 Å². The van der Waals surface area contributed by atoms with Gasteiger partial charge in [0.25, 0.3) is 0 Å². The quantitative estimate of drug-likeness (QED) is 0.431. The number of carboxylic acids is 1. The van der Waals surface area contributed by atoms with Gasteiger partial charge in [0.2, 0.25) is 0 Å². The highest BCUT2D eigenvalue weighted by Gasteiger charge is 2.34. The summed E-state index contributed by atoms with van der Waals surface area (Å²) in [6.07, 6.45) is 1.11. The first-order valence-corrected chi connectivity index (χ1v) is 6.74. The van der Waals surface area contributed by atoms with Crippen LogP contribution >= 0.6 is 0 Å². The number of pyridine rings is 1. The third-order valence-electron chi connectivity index (χ3n) is 3.75. The first-order chi connectivity index (χ1) is 10.4. The van der Waals surface area contributed by atoms with E-state index in [9.17, 15) is 24.7 Å². The fraction of sp³-hybridized carbons (Fsp3) is 0.500. The minimum atomic E-state index is -1.39. The highest BCUT2D eigenvalue weighted by molar-refractivity contribution is 5.86. The summed E-state index contributed by atoms with van der Waals surface area (Å²) in [5.41, 5.74) is 0.853.